The number of aryl methyl sites for hydroxylation is 1. The van der Waals surface area contributed by atoms with Crippen LogP contribution in [-0.4, -0.2) is 65.7 Å². The zero-order valence-electron chi connectivity index (χ0n) is 22.9. The minimum atomic E-state index is -0.109. The number of anilines is 2. The Bertz CT molecular complexity index is 1470. The van der Waals surface area contributed by atoms with Crippen LogP contribution in [0.25, 0.3) is 22.2 Å². The van der Waals surface area contributed by atoms with Gasteiger partial charge in [0.1, 0.15) is 18.0 Å². The van der Waals surface area contributed by atoms with Gasteiger partial charge in [-0.25, -0.2) is 15.0 Å². The molecule has 5 rings (SSSR count). The molecule has 4 heterocycles. The molecule has 1 unspecified atom stereocenters. The van der Waals surface area contributed by atoms with Crippen molar-refractivity contribution in [1.82, 2.24) is 25.3 Å². The minimum absolute atomic E-state index is 0.109. The third-order valence-electron chi connectivity index (χ3n) is 7.55. The van der Waals surface area contributed by atoms with Crippen molar-refractivity contribution in [2.24, 2.45) is 5.92 Å². The van der Waals surface area contributed by atoms with E-state index in [1.54, 1.807) is 25.6 Å². The number of pyridine rings is 2. The van der Waals surface area contributed by atoms with Gasteiger partial charge in [0.15, 0.2) is 0 Å². The van der Waals surface area contributed by atoms with E-state index >= 15 is 0 Å². The van der Waals surface area contributed by atoms with Crippen LogP contribution in [0.5, 0.6) is 0 Å². The molecule has 0 aliphatic carbocycles. The van der Waals surface area contributed by atoms with Crippen LogP contribution >= 0.6 is 0 Å². The van der Waals surface area contributed by atoms with Crippen molar-refractivity contribution in [2.75, 3.05) is 50.1 Å². The lowest BCUT2D eigenvalue weighted by Crippen LogP contribution is -2.37. The fraction of sp³-hybridized carbons (Fsp3) is 0.367. The number of fused-ring (bicyclic) bond motifs is 1. The van der Waals surface area contributed by atoms with Gasteiger partial charge in [0.05, 0.1) is 30.0 Å². The number of aromatic nitrogens is 4. The molecule has 1 saturated heterocycles. The van der Waals surface area contributed by atoms with E-state index in [0.717, 1.165) is 77.8 Å². The lowest BCUT2D eigenvalue weighted by atomic mass is 9.87. The summed E-state index contributed by atoms with van der Waals surface area (Å²) >= 11 is 0. The molecule has 2 N–H and O–H groups in total. The summed E-state index contributed by atoms with van der Waals surface area (Å²) in [7, 11) is 1.64. The highest BCUT2D eigenvalue weighted by atomic mass is 16.5. The normalized spacial score (nSPS) is 15.1. The molecule has 0 radical (unpaired) electrons. The van der Waals surface area contributed by atoms with Gasteiger partial charge < -0.3 is 20.3 Å². The van der Waals surface area contributed by atoms with E-state index in [1.165, 1.54) is 0 Å². The Kier molecular flexibility index (Phi) is 7.97. The average Bonchev–Trinajstić information content (AvgIpc) is 2.99. The number of benzene rings is 1. The van der Waals surface area contributed by atoms with Gasteiger partial charge in [-0.15, -0.1) is 0 Å². The summed E-state index contributed by atoms with van der Waals surface area (Å²) in [5.74, 6) is 2.14. The van der Waals surface area contributed by atoms with Gasteiger partial charge >= 0.3 is 0 Å². The largest absolute Gasteiger partial charge is 0.378 e. The Hall–Kier alpha value is -4.11. The van der Waals surface area contributed by atoms with E-state index in [0.29, 0.717) is 5.56 Å². The number of para-hydroxylation sites is 1. The van der Waals surface area contributed by atoms with Crippen LogP contribution in [0.1, 0.15) is 41.3 Å². The second kappa shape index (κ2) is 11.7. The maximum Gasteiger partial charge on any atom is 0.251 e. The third-order valence-corrected chi connectivity index (χ3v) is 7.55. The highest BCUT2D eigenvalue weighted by molar-refractivity contribution is 6.06. The first kappa shape index (κ1) is 26.5. The highest BCUT2D eigenvalue weighted by Gasteiger charge is 2.20. The second-order valence-corrected chi connectivity index (χ2v) is 10.1. The number of nitrogens with zero attached hydrogens (tertiary/aromatic N) is 5. The number of hydrogen-bond donors (Lipinski definition) is 2. The van der Waals surface area contributed by atoms with E-state index in [-0.39, 0.29) is 17.7 Å². The molecule has 39 heavy (non-hydrogen) atoms. The number of carbonyl (C=O) groups is 1. The average molecular weight is 526 g/mol. The number of ether oxygens (including phenoxy) is 1. The zero-order chi connectivity index (χ0) is 27.4. The highest BCUT2D eigenvalue weighted by Crippen LogP contribution is 2.31. The molecule has 0 bridgehead atoms. The number of carbonyl (C=O) groups excluding carboxylic acids is 1. The minimum Gasteiger partial charge on any atom is -0.378 e. The van der Waals surface area contributed by atoms with Crippen LogP contribution in [0.15, 0.2) is 55.1 Å². The van der Waals surface area contributed by atoms with Crippen molar-refractivity contribution in [3.8, 4) is 11.3 Å². The van der Waals surface area contributed by atoms with Crippen LogP contribution in [0.2, 0.25) is 0 Å². The van der Waals surface area contributed by atoms with Crippen molar-refractivity contribution < 1.29 is 9.53 Å². The van der Waals surface area contributed by atoms with Crippen molar-refractivity contribution in [1.29, 1.82) is 0 Å². The summed E-state index contributed by atoms with van der Waals surface area (Å²) < 4.78 is 5.47. The van der Waals surface area contributed by atoms with Gasteiger partial charge in [-0.1, -0.05) is 32.0 Å². The van der Waals surface area contributed by atoms with Crippen LogP contribution in [0.4, 0.5) is 11.6 Å². The predicted molar refractivity (Wildman–Crippen MR) is 154 cm³/mol. The molecule has 1 fully saturated rings. The van der Waals surface area contributed by atoms with Gasteiger partial charge in [-0.3, -0.25) is 9.78 Å². The van der Waals surface area contributed by atoms with Crippen LogP contribution < -0.4 is 15.5 Å². The van der Waals surface area contributed by atoms with Crippen molar-refractivity contribution in [3.63, 3.8) is 0 Å². The van der Waals surface area contributed by atoms with Gasteiger partial charge in [0.2, 0.25) is 0 Å². The number of rotatable bonds is 8. The Balaban J connectivity index is 1.29. The molecule has 1 aliphatic heterocycles. The van der Waals surface area contributed by atoms with E-state index in [4.69, 9.17) is 9.72 Å². The van der Waals surface area contributed by atoms with Crippen LogP contribution in [0, 0.1) is 12.8 Å². The molecule has 9 heteroatoms. The quantitative estimate of drug-likeness (QED) is 0.348. The first-order chi connectivity index (χ1) is 19.0. The maximum absolute atomic E-state index is 12.4. The molecule has 1 aromatic carbocycles. The second-order valence-electron chi connectivity index (χ2n) is 10.1. The van der Waals surface area contributed by atoms with Crippen LogP contribution in [-0.2, 0) is 4.74 Å². The first-order valence-corrected chi connectivity index (χ1v) is 13.4. The zero-order valence-corrected chi connectivity index (χ0v) is 22.9. The van der Waals surface area contributed by atoms with Gasteiger partial charge in [-0.05, 0) is 42.0 Å². The standard InChI is InChI=1S/C30H35N7O2/c1-19-14-22(17-34-29(19)37-10-12-39-13-11-37)26-15-27(36-18-35-26)33-16-20(2)21(3)23-6-5-7-24-25(30(38)31-4)8-9-32-28(23)24/h5-9,14-15,17-18,20-21H,10-13,16H2,1-4H3,(H,31,38)(H,33,35,36)/t20?,21-/m1/s1. The van der Waals surface area contributed by atoms with E-state index in [9.17, 15) is 4.79 Å². The molecule has 0 spiro atoms. The van der Waals surface area contributed by atoms with E-state index in [2.05, 4.69) is 63.4 Å². The van der Waals surface area contributed by atoms with E-state index in [1.807, 2.05) is 24.4 Å². The molecule has 4 aromatic rings. The molecule has 9 nitrogen and oxygen atoms in total. The monoisotopic (exact) mass is 525 g/mol. The van der Waals surface area contributed by atoms with Gasteiger partial charge in [0.25, 0.3) is 5.91 Å². The SMILES string of the molecule is CNC(=O)c1ccnc2c([C@H](C)C(C)CNc3cc(-c4cnc(N5CCOCC5)c(C)c4)ncn3)cccc12. The molecule has 1 amide bonds. The predicted octanol–water partition coefficient (Wildman–Crippen LogP) is 4.44. The van der Waals surface area contributed by atoms with Crippen molar-refractivity contribution >= 4 is 28.4 Å². The van der Waals surface area contributed by atoms with E-state index < -0.39 is 0 Å². The summed E-state index contributed by atoms with van der Waals surface area (Å²) in [6, 6.07) is 11.9. The van der Waals surface area contributed by atoms with Crippen molar-refractivity contribution in [2.45, 2.75) is 26.7 Å². The van der Waals surface area contributed by atoms with Crippen LogP contribution in [0.3, 0.4) is 0 Å². The number of hydrogen-bond acceptors (Lipinski definition) is 8. The number of amides is 1. The Labute approximate surface area is 229 Å². The molecule has 0 saturated carbocycles. The topological polar surface area (TPSA) is 105 Å². The Morgan fingerprint density at radius 3 is 2.67 bits per heavy atom. The summed E-state index contributed by atoms with van der Waals surface area (Å²) in [4.78, 5) is 33.0. The molecule has 2 atom stereocenters. The fourth-order valence-corrected chi connectivity index (χ4v) is 5.07. The fourth-order valence-electron chi connectivity index (χ4n) is 5.07. The molecular formula is C30H35N7O2. The molecule has 3 aromatic heterocycles. The summed E-state index contributed by atoms with van der Waals surface area (Å²) in [5, 5.41) is 7.08. The first-order valence-electron chi connectivity index (χ1n) is 13.4. The molecule has 1 aliphatic rings. The third kappa shape index (κ3) is 5.68. The summed E-state index contributed by atoms with van der Waals surface area (Å²) in [6.45, 7) is 10.4. The summed E-state index contributed by atoms with van der Waals surface area (Å²) in [6.07, 6.45) is 5.18. The van der Waals surface area contributed by atoms with Crippen molar-refractivity contribution in [3.05, 3.63) is 71.8 Å². The molecular weight excluding hydrogens is 490 g/mol. The van der Waals surface area contributed by atoms with Gasteiger partial charge in [0, 0.05) is 56.1 Å². The smallest absolute Gasteiger partial charge is 0.251 e. The van der Waals surface area contributed by atoms with Gasteiger partial charge in [-0.2, -0.15) is 0 Å². The Morgan fingerprint density at radius 1 is 1.08 bits per heavy atom. The lowest BCUT2D eigenvalue weighted by molar-refractivity contribution is 0.0964. The Morgan fingerprint density at radius 2 is 1.90 bits per heavy atom. The molecule has 202 valence electrons. The lowest BCUT2D eigenvalue weighted by Gasteiger charge is -2.29. The summed E-state index contributed by atoms with van der Waals surface area (Å²) in [5.41, 5.74) is 5.54. The maximum atomic E-state index is 12.4. The number of morpholine rings is 1. The number of nitrogens with one attached hydrogen (secondary N) is 2.